The molecule has 23 heavy (non-hydrogen) atoms. The van der Waals surface area contributed by atoms with Crippen LogP contribution in [0.15, 0.2) is 24.3 Å². The number of alkyl halides is 3. The van der Waals surface area contributed by atoms with Gasteiger partial charge in [0.1, 0.15) is 13.2 Å². The zero-order chi connectivity index (χ0) is 17.5. The summed E-state index contributed by atoms with van der Waals surface area (Å²) < 4.78 is 42.6. The largest absolute Gasteiger partial charge is 0.480 e. The SMILES string of the molecule is CCCOCC(=O)N(CC(=O)O)Cc1ccc(C(F)(F)F)cc1. The number of aliphatic carboxylic acids is 1. The van der Waals surface area contributed by atoms with Crippen LogP contribution >= 0.6 is 0 Å². The molecule has 0 atom stereocenters. The van der Waals surface area contributed by atoms with E-state index < -0.39 is 30.2 Å². The van der Waals surface area contributed by atoms with Crippen LogP contribution in [0, 0.1) is 0 Å². The van der Waals surface area contributed by atoms with Gasteiger partial charge >= 0.3 is 12.1 Å². The summed E-state index contributed by atoms with van der Waals surface area (Å²) >= 11 is 0. The number of nitrogens with zero attached hydrogens (tertiary/aromatic N) is 1. The van der Waals surface area contributed by atoms with Crippen molar-refractivity contribution in [1.82, 2.24) is 4.90 Å². The molecule has 5 nitrogen and oxygen atoms in total. The van der Waals surface area contributed by atoms with Crippen LogP contribution in [0.3, 0.4) is 0 Å². The number of carboxylic acid groups (broad SMARTS) is 1. The van der Waals surface area contributed by atoms with E-state index in [0.29, 0.717) is 18.6 Å². The lowest BCUT2D eigenvalue weighted by atomic mass is 10.1. The summed E-state index contributed by atoms with van der Waals surface area (Å²) in [5.74, 6) is -1.73. The molecular weight excluding hydrogens is 315 g/mol. The molecule has 8 heteroatoms. The summed E-state index contributed by atoms with van der Waals surface area (Å²) in [7, 11) is 0. The highest BCUT2D eigenvalue weighted by atomic mass is 19.4. The third-order valence-electron chi connectivity index (χ3n) is 2.91. The van der Waals surface area contributed by atoms with E-state index >= 15 is 0 Å². The van der Waals surface area contributed by atoms with E-state index in [1.54, 1.807) is 0 Å². The Morgan fingerprint density at radius 2 is 1.83 bits per heavy atom. The first-order valence-electron chi connectivity index (χ1n) is 6.97. The van der Waals surface area contributed by atoms with Crippen molar-refractivity contribution in [2.24, 2.45) is 0 Å². The average Bonchev–Trinajstić information content (AvgIpc) is 2.46. The fourth-order valence-corrected chi connectivity index (χ4v) is 1.81. The summed E-state index contributed by atoms with van der Waals surface area (Å²) in [6, 6.07) is 4.23. The molecule has 0 saturated carbocycles. The normalized spacial score (nSPS) is 11.3. The van der Waals surface area contributed by atoms with Gasteiger partial charge in [0, 0.05) is 13.2 Å². The monoisotopic (exact) mass is 333 g/mol. The van der Waals surface area contributed by atoms with Crippen molar-refractivity contribution < 1.29 is 32.6 Å². The molecule has 1 N–H and O–H groups in total. The molecule has 0 bridgehead atoms. The van der Waals surface area contributed by atoms with Gasteiger partial charge in [0.2, 0.25) is 5.91 Å². The van der Waals surface area contributed by atoms with Crippen LogP contribution in [0.1, 0.15) is 24.5 Å². The Balaban J connectivity index is 2.76. The Labute approximate surface area is 131 Å². The summed E-state index contributed by atoms with van der Waals surface area (Å²) in [4.78, 5) is 23.8. The number of hydrogen-bond donors (Lipinski definition) is 1. The molecule has 1 rings (SSSR count). The molecule has 0 spiro atoms. The first kappa shape index (κ1) is 19.0. The van der Waals surface area contributed by atoms with Gasteiger partial charge < -0.3 is 14.7 Å². The molecule has 0 unspecified atom stereocenters. The van der Waals surface area contributed by atoms with Crippen molar-refractivity contribution in [2.75, 3.05) is 19.8 Å². The second kappa shape index (κ2) is 8.52. The minimum atomic E-state index is -4.44. The zero-order valence-corrected chi connectivity index (χ0v) is 12.6. The maximum absolute atomic E-state index is 12.5. The predicted molar refractivity (Wildman–Crippen MR) is 75.6 cm³/mol. The van der Waals surface area contributed by atoms with Crippen LogP contribution in [0.2, 0.25) is 0 Å². The Hall–Kier alpha value is -2.09. The summed E-state index contributed by atoms with van der Waals surface area (Å²) in [6.07, 6.45) is -3.73. The molecule has 0 heterocycles. The highest BCUT2D eigenvalue weighted by molar-refractivity contribution is 5.82. The number of carbonyl (C=O) groups is 2. The number of carboxylic acids is 1. The molecule has 1 aromatic carbocycles. The molecule has 0 aliphatic heterocycles. The Morgan fingerprint density at radius 1 is 1.22 bits per heavy atom. The van der Waals surface area contributed by atoms with Gasteiger partial charge in [-0.15, -0.1) is 0 Å². The van der Waals surface area contributed by atoms with Crippen molar-refractivity contribution >= 4 is 11.9 Å². The second-order valence-corrected chi connectivity index (χ2v) is 4.89. The number of amides is 1. The van der Waals surface area contributed by atoms with Crippen LogP contribution in [0.25, 0.3) is 0 Å². The topological polar surface area (TPSA) is 66.8 Å². The molecule has 0 aliphatic rings. The van der Waals surface area contributed by atoms with Crippen molar-refractivity contribution in [2.45, 2.75) is 26.1 Å². The Morgan fingerprint density at radius 3 is 2.30 bits per heavy atom. The number of rotatable bonds is 8. The van der Waals surface area contributed by atoms with E-state index in [1.165, 1.54) is 12.1 Å². The minimum Gasteiger partial charge on any atom is -0.480 e. The van der Waals surface area contributed by atoms with Crippen LogP contribution in [0.5, 0.6) is 0 Å². The van der Waals surface area contributed by atoms with Gasteiger partial charge in [-0.25, -0.2) is 0 Å². The quantitative estimate of drug-likeness (QED) is 0.743. The van der Waals surface area contributed by atoms with Gasteiger partial charge in [-0.2, -0.15) is 13.2 Å². The van der Waals surface area contributed by atoms with Gasteiger partial charge in [0.05, 0.1) is 5.56 Å². The van der Waals surface area contributed by atoms with E-state index in [9.17, 15) is 22.8 Å². The first-order chi connectivity index (χ1) is 10.7. The molecule has 0 aliphatic carbocycles. The molecule has 1 aromatic rings. The highest BCUT2D eigenvalue weighted by Gasteiger charge is 2.30. The van der Waals surface area contributed by atoms with Gasteiger partial charge in [0.15, 0.2) is 0 Å². The zero-order valence-electron chi connectivity index (χ0n) is 12.6. The number of hydrogen-bond acceptors (Lipinski definition) is 3. The van der Waals surface area contributed by atoms with E-state index in [1.807, 2.05) is 6.92 Å². The van der Waals surface area contributed by atoms with Crippen molar-refractivity contribution in [3.05, 3.63) is 35.4 Å². The third kappa shape index (κ3) is 6.68. The maximum Gasteiger partial charge on any atom is 0.416 e. The van der Waals surface area contributed by atoms with Gasteiger partial charge in [-0.3, -0.25) is 9.59 Å². The maximum atomic E-state index is 12.5. The summed E-state index contributed by atoms with van der Waals surface area (Å²) in [6.45, 7) is 1.32. The number of ether oxygens (including phenoxy) is 1. The lowest BCUT2D eigenvalue weighted by Gasteiger charge is -2.21. The summed E-state index contributed by atoms with van der Waals surface area (Å²) in [5.41, 5.74) is -0.397. The number of halogens is 3. The highest BCUT2D eigenvalue weighted by Crippen LogP contribution is 2.29. The first-order valence-corrected chi connectivity index (χ1v) is 6.97. The van der Waals surface area contributed by atoms with Crippen LogP contribution in [0.4, 0.5) is 13.2 Å². The summed E-state index contributed by atoms with van der Waals surface area (Å²) in [5, 5.41) is 8.85. The predicted octanol–water partition coefficient (Wildman–Crippen LogP) is 2.55. The van der Waals surface area contributed by atoms with Crippen LogP contribution in [-0.4, -0.2) is 41.6 Å². The lowest BCUT2D eigenvalue weighted by molar-refractivity contribution is -0.147. The average molecular weight is 333 g/mol. The standard InChI is InChI=1S/C15H18F3NO4/c1-2-7-23-10-13(20)19(9-14(21)22)8-11-3-5-12(6-4-11)15(16,17)18/h3-6H,2,7-10H2,1H3,(H,21,22). The molecule has 0 fully saturated rings. The fourth-order valence-electron chi connectivity index (χ4n) is 1.81. The van der Waals surface area contributed by atoms with Crippen molar-refractivity contribution in [1.29, 1.82) is 0 Å². The minimum absolute atomic E-state index is 0.0985. The molecule has 1 amide bonds. The Bertz CT molecular complexity index is 529. The number of carbonyl (C=O) groups excluding carboxylic acids is 1. The van der Waals surface area contributed by atoms with E-state index in [0.717, 1.165) is 17.0 Å². The fraction of sp³-hybridized carbons (Fsp3) is 0.467. The smallest absolute Gasteiger partial charge is 0.416 e. The molecule has 128 valence electrons. The number of benzene rings is 1. The Kier molecular flexibility index (Phi) is 7.02. The third-order valence-corrected chi connectivity index (χ3v) is 2.91. The van der Waals surface area contributed by atoms with Crippen molar-refractivity contribution in [3.8, 4) is 0 Å². The molecule has 0 saturated heterocycles. The van der Waals surface area contributed by atoms with Crippen LogP contribution in [-0.2, 0) is 27.0 Å². The molecule has 0 aromatic heterocycles. The van der Waals surface area contributed by atoms with E-state index in [-0.39, 0.29) is 13.2 Å². The van der Waals surface area contributed by atoms with Crippen LogP contribution < -0.4 is 0 Å². The van der Waals surface area contributed by atoms with Crippen molar-refractivity contribution in [3.63, 3.8) is 0 Å². The molecule has 0 radical (unpaired) electrons. The van der Waals surface area contributed by atoms with Gasteiger partial charge in [-0.05, 0) is 24.1 Å². The van der Waals surface area contributed by atoms with E-state index in [4.69, 9.17) is 9.84 Å². The van der Waals surface area contributed by atoms with E-state index in [2.05, 4.69) is 0 Å². The van der Waals surface area contributed by atoms with Gasteiger partial charge in [-0.1, -0.05) is 19.1 Å². The second-order valence-electron chi connectivity index (χ2n) is 4.89. The van der Waals surface area contributed by atoms with Gasteiger partial charge in [0.25, 0.3) is 0 Å². The lowest BCUT2D eigenvalue weighted by Crippen LogP contribution is -2.37. The molecular formula is C15H18F3NO4.